The van der Waals surface area contributed by atoms with Crippen LogP contribution in [0.25, 0.3) is 10.8 Å². The van der Waals surface area contributed by atoms with E-state index in [0.29, 0.717) is 0 Å². The van der Waals surface area contributed by atoms with Gasteiger partial charge in [-0.25, -0.2) is 0 Å². The van der Waals surface area contributed by atoms with Gasteiger partial charge in [0.05, 0.1) is 0 Å². The second-order valence-electron chi connectivity index (χ2n) is 5.04. The van der Waals surface area contributed by atoms with E-state index in [2.05, 4.69) is 28.4 Å². The predicted octanol–water partition coefficient (Wildman–Crippen LogP) is 2.45. The van der Waals surface area contributed by atoms with Crippen LogP contribution in [-0.4, -0.2) is 32.0 Å². The summed E-state index contributed by atoms with van der Waals surface area (Å²) in [4.78, 5) is 13.8. The maximum atomic E-state index is 11.4. The molecule has 0 aliphatic carbocycles. The number of hydrogen-bond acceptors (Lipinski definition) is 3. The Morgan fingerprint density at radius 2 is 1.74 bits per heavy atom. The summed E-state index contributed by atoms with van der Waals surface area (Å²) in [5.41, 5.74) is 2.05. The molecule has 1 N–H and O–H groups in total. The molecule has 19 heavy (non-hydrogen) atoms. The van der Waals surface area contributed by atoms with Crippen molar-refractivity contribution in [1.29, 1.82) is 0 Å². The van der Waals surface area contributed by atoms with Crippen molar-refractivity contribution in [2.24, 2.45) is 0 Å². The monoisotopic (exact) mass is 254 g/mol. The minimum atomic E-state index is 0.119. The molecule has 1 aliphatic heterocycles. The van der Waals surface area contributed by atoms with Gasteiger partial charge in [0, 0.05) is 37.4 Å². The number of hydrogen-bond donors (Lipinski definition) is 1. The largest absolute Gasteiger partial charge is 0.369 e. The number of carbonyl (C=O) groups is 1. The summed E-state index contributed by atoms with van der Waals surface area (Å²) in [6.45, 7) is 5.80. The van der Waals surface area contributed by atoms with Crippen LogP contribution in [0.15, 0.2) is 36.4 Å². The lowest BCUT2D eigenvalue weighted by Crippen LogP contribution is -2.43. The SMILES string of the molecule is CC(=O)c1ccc2cc(N3CCNCC3)ccc2c1. The maximum absolute atomic E-state index is 11.4. The number of fused-ring (bicyclic) bond motifs is 1. The van der Waals surface area contributed by atoms with Crippen LogP contribution in [0.3, 0.4) is 0 Å². The van der Waals surface area contributed by atoms with E-state index in [0.717, 1.165) is 37.1 Å². The molecular formula is C16H18N2O. The maximum Gasteiger partial charge on any atom is 0.159 e. The third-order valence-electron chi connectivity index (χ3n) is 3.71. The fourth-order valence-corrected chi connectivity index (χ4v) is 2.57. The highest BCUT2D eigenvalue weighted by Crippen LogP contribution is 2.23. The number of benzene rings is 2. The fourth-order valence-electron chi connectivity index (χ4n) is 2.57. The molecule has 0 aromatic heterocycles. The molecule has 3 nitrogen and oxygen atoms in total. The molecule has 1 aliphatic rings. The predicted molar refractivity (Wildman–Crippen MR) is 79.0 cm³/mol. The Labute approximate surface area is 113 Å². The van der Waals surface area contributed by atoms with E-state index in [9.17, 15) is 4.79 Å². The molecule has 1 heterocycles. The van der Waals surface area contributed by atoms with Crippen molar-refractivity contribution in [3.63, 3.8) is 0 Å². The van der Waals surface area contributed by atoms with E-state index in [1.807, 2.05) is 18.2 Å². The average molecular weight is 254 g/mol. The van der Waals surface area contributed by atoms with Crippen LogP contribution in [-0.2, 0) is 0 Å². The van der Waals surface area contributed by atoms with Gasteiger partial charge in [0.15, 0.2) is 5.78 Å². The van der Waals surface area contributed by atoms with Crippen molar-refractivity contribution in [2.75, 3.05) is 31.1 Å². The third kappa shape index (κ3) is 2.47. The molecule has 3 heteroatoms. The molecular weight excluding hydrogens is 236 g/mol. The molecule has 0 radical (unpaired) electrons. The summed E-state index contributed by atoms with van der Waals surface area (Å²) >= 11 is 0. The number of nitrogens with zero attached hydrogens (tertiary/aromatic N) is 1. The Morgan fingerprint density at radius 3 is 2.47 bits per heavy atom. The smallest absolute Gasteiger partial charge is 0.159 e. The van der Waals surface area contributed by atoms with Crippen LogP contribution in [0.4, 0.5) is 5.69 Å². The molecule has 0 amide bonds. The second kappa shape index (κ2) is 5.02. The average Bonchev–Trinajstić information content (AvgIpc) is 2.47. The molecule has 2 aromatic carbocycles. The second-order valence-corrected chi connectivity index (χ2v) is 5.04. The standard InChI is InChI=1S/C16H18N2O/c1-12(19)13-2-3-15-11-16(5-4-14(15)10-13)18-8-6-17-7-9-18/h2-5,10-11,17H,6-9H2,1H3. The lowest BCUT2D eigenvalue weighted by molar-refractivity contribution is 0.101. The molecule has 3 rings (SSSR count). The molecule has 0 atom stereocenters. The summed E-state index contributed by atoms with van der Waals surface area (Å²) in [6, 6.07) is 12.4. The van der Waals surface area contributed by atoms with E-state index in [1.54, 1.807) is 6.92 Å². The molecule has 1 saturated heterocycles. The number of Topliss-reactive ketones (excluding diaryl/α,β-unsaturated/α-hetero) is 1. The lowest BCUT2D eigenvalue weighted by atomic mass is 10.0. The van der Waals surface area contributed by atoms with Crippen LogP contribution < -0.4 is 10.2 Å². The summed E-state index contributed by atoms with van der Waals surface area (Å²) in [7, 11) is 0. The van der Waals surface area contributed by atoms with Gasteiger partial charge in [0.25, 0.3) is 0 Å². The van der Waals surface area contributed by atoms with Crippen molar-refractivity contribution in [2.45, 2.75) is 6.92 Å². The summed E-state index contributed by atoms with van der Waals surface area (Å²) in [6.07, 6.45) is 0. The van der Waals surface area contributed by atoms with Crippen molar-refractivity contribution in [3.8, 4) is 0 Å². The van der Waals surface area contributed by atoms with E-state index in [4.69, 9.17) is 0 Å². The molecule has 0 bridgehead atoms. The Bertz CT molecular complexity index is 615. The first-order valence-corrected chi connectivity index (χ1v) is 6.74. The first kappa shape index (κ1) is 12.2. The van der Waals surface area contributed by atoms with Gasteiger partial charge in [-0.3, -0.25) is 4.79 Å². The van der Waals surface area contributed by atoms with Gasteiger partial charge in [0.1, 0.15) is 0 Å². The number of piperazine rings is 1. The molecule has 2 aromatic rings. The van der Waals surface area contributed by atoms with Crippen LogP contribution in [0.2, 0.25) is 0 Å². The van der Waals surface area contributed by atoms with Gasteiger partial charge in [-0.1, -0.05) is 18.2 Å². The minimum Gasteiger partial charge on any atom is -0.369 e. The Kier molecular flexibility index (Phi) is 3.22. The van der Waals surface area contributed by atoms with Crippen LogP contribution in [0.5, 0.6) is 0 Å². The number of nitrogens with one attached hydrogen (secondary N) is 1. The van der Waals surface area contributed by atoms with Crippen molar-refractivity contribution in [1.82, 2.24) is 5.32 Å². The Hall–Kier alpha value is -1.87. The van der Waals surface area contributed by atoms with Gasteiger partial charge < -0.3 is 10.2 Å². The van der Waals surface area contributed by atoms with Gasteiger partial charge in [0.2, 0.25) is 0 Å². The normalized spacial score (nSPS) is 15.7. The van der Waals surface area contributed by atoms with Crippen molar-refractivity contribution < 1.29 is 4.79 Å². The quantitative estimate of drug-likeness (QED) is 0.836. The topological polar surface area (TPSA) is 32.3 Å². The fraction of sp³-hybridized carbons (Fsp3) is 0.312. The van der Waals surface area contributed by atoms with Gasteiger partial charge >= 0.3 is 0 Å². The number of carbonyl (C=O) groups excluding carboxylic acids is 1. The molecule has 1 fully saturated rings. The van der Waals surface area contributed by atoms with E-state index >= 15 is 0 Å². The van der Waals surface area contributed by atoms with Gasteiger partial charge in [-0.2, -0.15) is 0 Å². The molecule has 98 valence electrons. The zero-order valence-corrected chi connectivity index (χ0v) is 11.1. The number of rotatable bonds is 2. The lowest BCUT2D eigenvalue weighted by Gasteiger charge is -2.29. The van der Waals surface area contributed by atoms with Crippen LogP contribution in [0.1, 0.15) is 17.3 Å². The van der Waals surface area contributed by atoms with Crippen molar-refractivity contribution in [3.05, 3.63) is 42.0 Å². The van der Waals surface area contributed by atoms with Crippen LogP contribution >= 0.6 is 0 Å². The summed E-state index contributed by atoms with van der Waals surface area (Å²) in [5.74, 6) is 0.119. The highest BCUT2D eigenvalue weighted by atomic mass is 16.1. The Morgan fingerprint density at radius 1 is 1.05 bits per heavy atom. The van der Waals surface area contributed by atoms with Gasteiger partial charge in [-0.15, -0.1) is 0 Å². The highest BCUT2D eigenvalue weighted by molar-refractivity contribution is 5.99. The Balaban J connectivity index is 1.97. The molecule has 0 saturated carbocycles. The van der Waals surface area contributed by atoms with Crippen molar-refractivity contribution >= 4 is 22.2 Å². The van der Waals surface area contributed by atoms with E-state index in [1.165, 1.54) is 11.1 Å². The molecule has 0 spiro atoms. The van der Waals surface area contributed by atoms with E-state index in [-0.39, 0.29) is 5.78 Å². The van der Waals surface area contributed by atoms with E-state index < -0.39 is 0 Å². The van der Waals surface area contributed by atoms with Gasteiger partial charge in [-0.05, 0) is 35.9 Å². The summed E-state index contributed by atoms with van der Waals surface area (Å²) in [5, 5.41) is 5.69. The zero-order valence-electron chi connectivity index (χ0n) is 11.1. The minimum absolute atomic E-state index is 0.119. The number of ketones is 1. The third-order valence-corrected chi connectivity index (χ3v) is 3.71. The first-order chi connectivity index (χ1) is 9.24. The summed E-state index contributed by atoms with van der Waals surface area (Å²) < 4.78 is 0. The highest BCUT2D eigenvalue weighted by Gasteiger charge is 2.10. The zero-order chi connectivity index (χ0) is 13.2. The first-order valence-electron chi connectivity index (χ1n) is 6.74. The number of anilines is 1. The van der Waals surface area contributed by atoms with Crippen LogP contribution in [0, 0.1) is 0 Å². The molecule has 0 unspecified atom stereocenters.